The number of pyridine rings is 1. The highest BCUT2D eigenvalue weighted by Crippen LogP contribution is 2.34. The van der Waals surface area contributed by atoms with E-state index in [9.17, 15) is 9.59 Å². The Bertz CT molecular complexity index is 1700. The number of aryl methyl sites for hydroxylation is 2. The summed E-state index contributed by atoms with van der Waals surface area (Å²) < 4.78 is 6.93. The molecule has 0 aliphatic heterocycles. The van der Waals surface area contributed by atoms with Crippen molar-refractivity contribution in [3.05, 3.63) is 90.5 Å². The monoisotopic (exact) mass is 440 g/mol. The van der Waals surface area contributed by atoms with Crippen molar-refractivity contribution in [3.8, 4) is 5.75 Å². The first-order chi connectivity index (χ1) is 15.7. The number of fused-ring (bicyclic) bond motifs is 6. The Kier molecular flexibility index (Phi) is 4.36. The molecule has 3 heterocycles. The first kappa shape index (κ1) is 19.2. The molecular formula is C26H20N2O3S. The second kappa shape index (κ2) is 7.28. The van der Waals surface area contributed by atoms with Crippen molar-refractivity contribution < 1.29 is 4.74 Å². The van der Waals surface area contributed by atoms with E-state index in [1.165, 1.54) is 4.88 Å². The summed E-state index contributed by atoms with van der Waals surface area (Å²) in [5.41, 5.74) is 2.09. The third-order valence-corrected chi connectivity index (χ3v) is 7.58. The van der Waals surface area contributed by atoms with Gasteiger partial charge in [-0.1, -0.05) is 30.3 Å². The minimum absolute atomic E-state index is 0.126. The normalized spacial score (nSPS) is 14.3. The summed E-state index contributed by atoms with van der Waals surface area (Å²) in [6.45, 7) is 0. The molecule has 0 amide bonds. The molecule has 6 heteroatoms. The first-order valence-corrected chi connectivity index (χ1v) is 11.5. The number of benzene rings is 2. The van der Waals surface area contributed by atoms with Crippen LogP contribution in [0.5, 0.6) is 5.75 Å². The SMILES string of the molecule is COc1ccc(C=c2c3ccccc3c(=O)n3c2nc(=O)c2c4c(sc23)CCCC4)cc1. The first-order valence-electron chi connectivity index (χ1n) is 10.7. The topological polar surface area (TPSA) is 60.7 Å². The lowest BCUT2D eigenvalue weighted by atomic mass is 9.97. The molecule has 0 unspecified atom stereocenters. The summed E-state index contributed by atoms with van der Waals surface area (Å²) in [5.74, 6) is 0.770. The molecule has 0 radical (unpaired) electrons. The van der Waals surface area contributed by atoms with Gasteiger partial charge < -0.3 is 4.74 Å². The van der Waals surface area contributed by atoms with Crippen LogP contribution in [-0.4, -0.2) is 16.5 Å². The quantitative estimate of drug-likeness (QED) is 0.391. The van der Waals surface area contributed by atoms with Crippen LogP contribution in [0.15, 0.2) is 58.1 Å². The third kappa shape index (κ3) is 2.79. The minimum Gasteiger partial charge on any atom is -0.497 e. The van der Waals surface area contributed by atoms with Crippen LogP contribution in [0.3, 0.4) is 0 Å². The number of rotatable bonds is 2. The van der Waals surface area contributed by atoms with E-state index >= 15 is 0 Å². The van der Waals surface area contributed by atoms with E-state index < -0.39 is 0 Å². The molecule has 3 aromatic heterocycles. The van der Waals surface area contributed by atoms with Gasteiger partial charge >= 0.3 is 0 Å². The van der Waals surface area contributed by atoms with E-state index in [2.05, 4.69) is 4.98 Å². The van der Waals surface area contributed by atoms with Gasteiger partial charge in [0.2, 0.25) is 0 Å². The molecule has 5 nitrogen and oxygen atoms in total. The molecular weight excluding hydrogens is 420 g/mol. The van der Waals surface area contributed by atoms with Crippen molar-refractivity contribution in [1.29, 1.82) is 0 Å². The summed E-state index contributed by atoms with van der Waals surface area (Å²) in [7, 11) is 1.63. The summed E-state index contributed by atoms with van der Waals surface area (Å²) in [6.07, 6.45) is 6.02. The lowest BCUT2D eigenvalue weighted by Gasteiger charge is -2.09. The van der Waals surface area contributed by atoms with E-state index in [1.807, 2.05) is 54.6 Å². The smallest absolute Gasteiger partial charge is 0.282 e. The van der Waals surface area contributed by atoms with Crippen LogP contribution in [0, 0.1) is 0 Å². The van der Waals surface area contributed by atoms with Crippen molar-refractivity contribution >= 4 is 44.0 Å². The lowest BCUT2D eigenvalue weighted by molar-refractivity contribution is 0.415. The van der Waals surface area contributed by atoms with E-state index in [1.54, 1.807) is 22.8 Å². The fourth-order valence-corrected chi connectivity index (χ4v) is 6.13. The standard InChI is InChI=1S/C26H20N2O3S/c1-31-16-12-10-15(11-13-16)14-20-17-6-2-3-7-18(17)25(30)28-23(20)27-24(29)22-19-8-4-5-9-21(19)32-26(22)28/h2-3,6-7,10-14H,4-5,8-9H2,1H3. The molecule has 0 spiro atoms. The van der Waals surface area contributed by atoms with E-state index in [-0.39, 0.29) is 11.1 Å². The Balaban J connectivity index is 1.81. The van der Waals surface area contributed by atoms with E-state index in [0.29, 0.717) is 16.4 Å². The fourth-order valence-electron chi connectivity index (χ4n) is 4.75. The Morgan fingerprint density at radius 1 is 1.00 bits per heavy atom. The second-order valence-electron chi connectivity index (χ2n) is 8.15. The zero-order valence-electron chi connectivity index (χ0n) is 17.6. The van der Waals surface area contributed by atoms with Crippen molar-refractivity contribution in [2.45, 2.75) is 25.7 Å². The maximum Gasteiger partial charge on any atom is 0.282 e. The van der Waals surface area contributed by atoms with Crippen molar-refractivity contribution in [3.63, 3.8) is 0 Å². The van der Waals surface area contributed by atoms with Crippen molar-refractivity contribution in [1.82, 2.24) is 9.38 Å². The van der Waals surface area contributed by atoms with Gasteiger partial charge in [0.15, 0.2) is 5.65 Å². The molecule has 2 aromatic carbocycles. The van der Waals surface area contributed by atoms with Gasteiger partial charge in [0, 0.05) is 15.5 Å². The fraction of sp³-hybridized carbons (Fsp3) is 0.192. The average Bonchev–Trinajstić information content (AvgIpc) is 3.22. The van der Waals surface area contributed by atoms with Gasteiger partial charge in [-0.25, -0.2) is 4.40 Å². The number of aromatic nitrogens is 2. The van der Waals surface area contributed by atoms with E-state index in [0.717, 1.165) is 58.0 Å². The Morgan fingerprint density at radius 3 is 2.53 bits per heavy atom. The molecule has 0 N–H and O–H groups in total. The molecule has 0 atom stereocenters. The van der Waals surface area contributed by atoms with Gasteiger partial charge in [-0.15, -0.1) is 11.3 Å². The van der Waals surface area contributed by atoms with Gasteiger partial charge in [0.1, 0.15) is 10.6 Å². The number of nitrogens with zero attached hydrogens (tertiary/aromatic N) is 2. The Labute approximate surface area is 187 Å². The molecule has 0 fully saturated rings. The third-order valence-electron chi connectivity index (χ3n) is 6.31. The van der Waals surface area contributed by atoms with Gasteiger partial charge in [-0.3, -0.25) is 9.59 Å². The zero-order chi connectivity index (χ0) is 21.8. The summed E-state index contributed by atoms with van der Waals surface area (Å²) >= 11 is 1.58. The molecule has 1 aliphatic rings. The minimum atomic E-state index is -0.238. The van der Waals surface area contributed by atoms with E-state index in [4.69, 9.17) is 4.74 Å². The number of hydrogen-bond donors (Lipinski definition) is 0. The maximum atomic E-state index is 13.6. The lowest BCUT2D eigenvalue weighted by Crippen LogP contribution is -2.27. The Morgan fingerprint density at radius 2 is 1.75 bits per heavy atom. The van der Waals surface area contributed by atoms with Crippen molar-refractivity contribution in [2.24, 2.45) is 0 Å². The maximum absolute atomic E-state index is 13.6. The molecule has 32 heavy (non-hydrogen) atoms. The highest BCUT2D eigenvalue weighted by Gasteiger charge is 2.22. The predicted octanol–water partition coefficient (Wildman–Crippen LogP) is 3.86. The van der Waals surface area contributed by atoms with Crippen LogP contribution < -0.4 is 21.1 Å². The van der Waals surface area contributed by atoms with Crippen LogP contribution in [0.2, 0.25) is 0 Å². The van der Waals surface area contributed by atoms with Crippen molar-refractivity contribution in [2.75, 3.05) is 7.11 Å². The number of methoxy groups -OCH3 is 1. The molecule has 0 bridgehead atoms. The largest absolute Gasteiger partial charge is 0.497 e. The average molecular weight is 441 g/mol. The molecule has 1 aliphatic carbocycles. The Hall–Kier alpha value is -3.51. The molecule has 0 saturated carbocycles. The molecule has 158 valence electrons. The molecule has 0 saturated heterocycles. The van der Waals surface area contributed by atoms with Gasteiger partial charge in [-0.05, 0) is 66.5 Å². The van der Waals surface area contributed by atoms with Crippen LogP contribution >= 0.6 is 11.3 Å². The zero-order valence-corrected chi connectivity index (χ0v) is 18.4. The van der Waals surface area contributed by atoms with Gasteiger partial charge in [-0.2, -0.15) is 4.98 Å². The molecule has 5 aromatic rings. The summed E-state index contributed by atoms with van der Waals surface area (Å²) in [6, 6.07) is 15.2. The van der Waals surface area contributed by atoms with Crippen LogP contribution in [-0.2, 0) is 12.8 Å². The van der Waals surface area contributed by atoms with Crippen LogP contribution in [0.1, 0.15) is 28.8 Å². The number of hydrogen-bond acceptors (Lipinski definition) is 5. The predicted molar refractivity (Wildman–Crippen MR) is 129 cm³/mol. The van der Waals surface area contributed by atoms with Gasteiger partial charge in [0.25, 0.3) is 11.1 Å². The summed E-state index contributed by atoms with van der Waals surface area (Å²) in [4.78, 5) is 33.3. The highest BCUT2D eigenvalue weighted by molar-refractivity contribution is 7.18. The highest BCUT2D eigenvalue weighted by atomic mass is 32.1. The molecule has 6 rings (SSSR count). The summed E-state index contributed by atoms with van der Waals surface area (Å²) in [5, 5.41) is 2.82. The number of ether oxygens (including phenoxy) is 1. The van der Waals surface area contributed by atoms with Crippen LogP contribution in [0.25, 0.3) is 32.7 Å². The van der Waals surface area contributed by atoms with Gasteiger partial charge in [0.05, 0.1) is 12.5 Å². The second-order valence-corrected chi connectivity index (χ2v) is 9.23. The van der Waals surface area contributed by atoms with Crippen LogP contribution in [0.4, 0.5) is 0 Å². The number of thiophene rings is 1.